The Morgan fingerprint density at radius 2 is 1.88 bits per heavy atom. The van der Waals surface area contributed by atoms with Crippen molar-refractivity contribution < 1.29 is 42.1 Å². The fraction of sp³-hybridized carbons (Fsp3) is 0.571. The number of hydrogen-bond donors (Lipinski definition) is 3. The number of methoxy groups -OCH3 is 2. The molecule has 2 heterocycles. The number of carbonyl (C=O) groups excluding carboxylic acids is 1. The average molecular weight is 508 g/mol. The number of nitrogens with two attached hydrogens (primary N) is 1. The van der Waals surface area contributed by atoms with Gasteiger partial charge in [0.25, 0.3) is 5.91 Å². The van der Waals surface area contributed by atoms with E-state index in [9.17, 15) is 18.0 Å². The van der Waals surface area contributed by atoms with Gasteiger partial charge in [0.05, 0.1) is 17.2 Å². The standard InChI is InChI=1S/C19H27N3O4S.C2HF3O2/c1-24-15-14(11-20)26-17(16(15)25-2)18(23)22-13(19-21-8-9-27-19)10-12-6-4-3-5-7-12;3-2(4,5)1(6)7/h3-7,13-17H,8-11,20H2,1-2H3,(H,22,23);(H,6,7)/t13-,14+,15+,16-,17+;/m0./s1. The number of aliphatic imine (C=N–C) groups is 1. The van der Waals surface area contributed by atoms with Crippen molar-refractivity contribution in [2.24, 2.45) is 10.7 Å². The normalized spacial score (nSPS) is 25.2. The van der Waals surface area contributed by atoms with E-state index in [1.54, 1.807) is 26.0 Å². The highest BCUT2D eigenvalue weighted by Crippen LogP contribution is 2.26. The molecule has 0 saturated carbocycles. The van der Waals surface area contributed by atoms with Crippen LogP contribution >= 0.6 is 11.8 Å². The van der Waals surface area contributed by atoms with Crippen molar-refractivity contribution in [1.29, 1.82) is 0 Å². The number of nitrogens with zero attached hydrogens (tertiary/aromatic N) is 1. The molecule has 2 aliphatic heterocycles. The van der Waals surface area contributed by atoms with Gasteiger partial charge in [0.15, 0.2) is 6.10 Å². The van der Waals surface area contributed by atoms with E-state index in [1.807, 2.05) is 18.2 Å². The van der Waals surface area contributed by atoms with E-state index in [1.165, 1.54) is 0 Å². The number of ether oxygens (including phenoxy) is 3. The van der Waals surface area contributed by atoms with Gasteiger partial charge >= 0.3 is 12.1 Å². The number of rotatable bonds is 8. The minimum Gasteiger partial charge on any atom is -0.475 e. The molecule has 1 saturated heterocycles. The minimum atomic E-state index is -5.08. The van der Waals surface area contributed by atoms with Crippen LogP contribution in [0.2, 0.25) is 0 Å². The van der Waals surface area contributed by atoms with E-state index in [0.717, 1.165) is 22.9 Å². The van der Waals surface area contributed by atoms with Crippen LogP contribution in [0.25, 0.3) is 0 Å². The van der Waals surface area contributed by atoms with Crippen molar-refractivity contribution in [2.75, 3.05) is 33.1 Å². The van der Waals surface area contributed by atoms with Gasteiger partial charge in [-0.05, 0) is 12.0 Å². The molecule has 0 bridgehead atoms. The first-order valence-corrected chi connectivity index (χ1v) is 11.3. The topological polar surface area (TPSA) is 132 Å². The van der Waals surface area contributed by atoms with Crippen LogP contribution in [-0.4, -0.2) is 91.7 Å². The number of hydrogen-bond acceptors (Lipinski definition) is 8. The fourth-order valence-electron chi connectivity index (χ4n) is 3.54. The van der Waals surface area contributed by atoms with Gasteiger partial charge in [-0.3, -0.25) is 9.79 Å². The fourth-order valence-corrected chi connectivity index (χ4v) is 4.46. The SMILES string of the molecule is CO[C@H]1[C@H](OC)[C@H](C(=O)N[C@@H](Cc2ccccc2)C2=NCCS2)O[C@@H]1CN.O=C(O)C(F)(F)F. The Kier molecular flexibility index (Phi) is 10.8. The molecule has 0 aromatic heterocycles. The lowest BCUT2D eigenvalue weighted by Crippen LogP contribution is -2.50. The van der Waals surface area contributed by atoms with Gasteiger partial charge < -0.3 is 30.4 Å². The maximum absolute atomic E-state index is 13.0. The highest BCUT2D eigenvalue weighted by molar-refractivity contribution is 8.14. The summed E-state index contributed by atoms with van der Waals surface area (Å²) in [6.45, 7) is 1.04. The Labute approximate surface area is 199 Å². The van der Waals surface area contributed by atoms with Crippen molar-refractivity contribution >= 4 is 28.7 Å². The molecular weight excluding hydrogens is 479 g/mol. The van der Waals surface area contributed by atoms with Crippen LogP contribution in [0.5, 0.6) is 0 Å². The highest BCUT2D eigenvalue weighted by Gasteiger charge is 2.48. The zero-order valence-corrected chi connectivity index (χ0v) is 19.5. The summed E-state index contributed by atoms with van der Waals surface area (Å²) >= 11 is 1.69. The molecule has 4 N–H and O–H groups in total. The summed E-state index contributed by atoms with van der Waals surface area (Å²) in [4.78, 5) is 26.5. The molecule has 0 spiro atoms. The third kappa shape index (κ3) is 7.67. The first-order chi connectivity index (χ1) is 16.1. The van der Waals surface area contributed by atoms with Crippen LogP contribution in [0.15, 0.2) is 35.3 Å². The van der Waals surface area contributed by atoms with E-state index in [4.69, 9.17) is 29.8 Å². The third-order valence-electron chi connectivity index (χ3n) is 5.09. The summed E-state index contributed by atoms with van der Waals surface area (Å²) in [7, 11) is 3.13. The average Bonchev–Trinajstić information content (AvgIpc) is 3.46. The lowest BCUT2D eigenvalue weighted by Gasteiger charge is -2.24. The van der Waals surface area contributed by atoms with Crippen LogP contribution in [0.1, 0.15) is 5.56 Å². The third-order valence-corrected chi connectivity index (χ3v) is 6.19. The molecular formula is C21H28F3N3O6S. The zero-order chi connectivity index (χ0) is 25.3. The van der Waals surface area contributed by atoms with E-state index in [2.05, 4.69) is 22.4 Å². The lowest BCUT2D eigenvalue weighted by atomic mass is 10.0. The number of halogens is 3. The van der Waals surface area contributed by atoms with Gasteiger partial charge in [0.2, 0.25) is 0 Å². The summed E-state index contributed by atoms with van der Waals surface area (Å²) in [5.41, 5.74) is 6.91. The molecule has 5 atom stereocenters. The molecule has 1 aromatic rings. The Morgan fingerprint density at radius 1 is 1.26 bits per heavy atom. The lowest BCUT2D eigenvalue weighted by molar-refractivity contribution is -0.192. The molecule has 3 rings (SSSR count). The molecule has 13 heteroatoms. The van der Waals surface area contributed by atoms with E-state index in [0.29, 0.717) is 6.42 Å². The smallest absolute Gasteiger partial charge is 0.475 e. The summed E-state index contributed by atoms with van der Waals surface area (Å²) in [5, 5.41) is 11.2. The van der Waals surface area contributed by atoms with Gasteiger partial charge in [0, 0.05) is 33.1 Å². The van der Waals surface area contributed by atoms with Crippen molar-refractivity contribution in [2.45, 2.75) is 43.1 Å². The van der Waals surface area contributed by atoms with Gasteiger partial charge in [-0.1, -0.05) is 30.3 Å². The Morgan fingerprint density at radius 3 is 2.35 bits per heavy atom. The second-order valence-corrected chi connectivity index (χ2v) is 8.47. The highest BCUT2D eigenvalue weighted by atomic mass is 32.2. The first-order valence-electron chi connectivity index (χ1n) is 10.3. The number of thioether (sulfide) groups is 1. The molecule has 9 nitrogen and oxygen atoms in total. The summed E-state index contributed by atoms with van der Waals surface area (Å²) in [6.07, 6.45) is -6.42. The van der Waals surface area contributed by atoms with Gasteiger partial charge in [-0.15, -0.1) is 11.8 Å². The summed E-state index contributed by atoms with van der Waals surface area (Å²) in [5.74, 6) is -2.04. The maximum Gasteiger partial charge on any atom is 0.490 e. The van der Waals surface area contributed by atoms with Crippen molar-refractivity contribution in [1.82, 2.24) is 5.32 Å². The number of carbonyl (C=O) groups is 2. The maximum atomic E-state index is 13.0. The molecule has 1 aromatic carbocycles. The second-order valence-electron chi connectivity index (χ2n) is 7.35. The molecule has 34 heavy (non-hydrogen) atoms. The van der Waals surface area contributed by atoms with E-state index >= 15 is 0 Å². The molecule has 190 valence electrons. The van der Waals surface area contributed by atoms with Gasteiger partial charge in [-0.25, -0.2) is 4.79 Å². The van der Waals surface area contributed by atoms with Crippen LogP contribution in [0.3, 0.4) is 0 Å². The van der Waals surface area contributed by atoms with Crippen molar-refractivity contribution in [3.63, 3.8) is 0 Å². The Balaban J connectivity index is 0.000000509. The summed E-state index contributed by atoms with van der Waals surface area (Å²) < 4.78 is 48.6. The number of carboxylic acid groups (broad SMARTS) is 1. The molecule has 1 amide bonds. The van der Waals surface area contributed by atoms with Crippen molar-refractivity contribution in [3.8, 4) is 0 Å². The molecule has 0 aliphatic carbocycles. The number of benzene rings is 1. The number of amides is 1. The number of nitrogens with one attached hydrogen (secondary N) is 1. The monoisotopic (exact) mass is 507 g/mol. The van der Waals surface area contributed by atoms with Crippen LogP contribution in [-0.2, 0) is 30.2 Å². The van der Waals surface area contributed by atoms with Crippen LogP contribution < -0.4 is 11.1 Å². The predicted octanol–water partition coefficient (Wildman–Crippen LogP) is 1.25. The van der Waals surface area contributed by atoms with Crippen molar-refractivity contribution in [3.05, 3.63) is 35.9 Å². The minimum absolute atomic E-state index is 0.188. The number of alkyl halides is 3. The molecule has 0 unspecified atom stereocenters. The first kappa shape index (κ1) is 28.1. The zero-order valence-electron chi connectivity index (χ0n) is 18.7. The van der Waals surface area contributed by atoms with E-state index < -0.39 is 24.4 Å². The Bertz CT molecular complexity index is 843. The number of carboxylic acids is 1. The number of aliphatic carboxylic acids is 1. The van der Waals surface area contributed by atoms with Crippen LogP contribution in [0.4, 0.5) is 13.2 Å². The van der Waals surface area contributed by atoms with Crippen LogP contribution in [0, 0.1) is 0 Å². The molecule has 2 aliphatic rings. The predicted molar refractivity (Wildman–Crippen MR) is 120 cm³/mol. The Hall–Kier alpha value is -2.19. The quantitative estimate of drug-likeness (QED) is 0.479. The van der Waals surface area contributed by atoms with E-state index in [-0.39, 0.29) is 30.7 Å². The molecule has 1 fully saturated rings. The second kappa shape index (κ2) is 13.0. The van der Waals surface area contributed by atoms with Gasteiger partial charge in [0.1, 0.15) is 12.2 Å². The molecule has 0 radical (unpaired) electrons. The largest absolute Gasteiger partial charge is 0.490 e. The summed E-state index contributed by atoms with van der Waals surface area (Å²) in [6, 6.07) is 9.88. The van der Waals surface area contributed by atoms with Gasteiger partial charge in [-0.2, -0.15) is 13.2 Å².